The zero-order valence-corrected chi connectivity index (χ0v) is 10.7. The minimum atomic E-state index is -0.189. The Labute approximate surface area is 108 Å². The van der Waals surface area contributed by atoms with Crippen LogP contribution in [0.3, 0.4) is 0 Å². The fourth-order valence-electron chi connectivity index (χ4n) is 2.21. The predicted octanol–water partition coefficient (Wildman–Crippen LogP) is 1.50. The average Bonchev–Trinajstić information content (AvgIpc) is 2.74. The first kappa shape index (κ1) is 12.9. The monoisotopic (exact) mass is 248 g/mol. The molecule has 2 rings (SSSR count). The molecule has 4 nitrogen and oxygen atoms in total. The second kappa shape index (κ2) is 5.40. The summed E-state index contributed by atoms with van der Waals surface area (Å²) in [6, 6.07) is 7.41. The smallest absolute Gasteiger partial charge is 0.224 e. The lowest BCUT2D eigenvalue weighted by Gasteiger charge is -2.23. The number of hydrogen-bond donors (Lipinski definition) is 2. The standard InChI is InChI=1S/C14H20N2O2/c1-14(6-3-7-18-14)10-16-13(17)9-11-4-2-5-12(15)8-11/h2,4-5,8H,3,6-7,9-10,15H2,1H3,(H,16,17). The SMILES string of the molecule is CC1(CNC(=O)Cc2cccc(N)c2)CCCO1. The van der Waals surface area contributed by atoms with E-state index in [9.17, 15) is 4.79 Å². The summed E-state index contributed by atoms with van der Waals surface area (Å²) < 4.78 is 5.63. The van der Waals surface area contributed by atoms with Crippen LogP contribution in [0.2, 0.25) is 0 Å². The number of nitrogens with one attached hydrogen (secondary N) is 1. The van der Waals surface area contributed by atoms with Crippen LogP contribution in [0.5, 0.6) is 0 Å². The summed E-state index contributed by atoms with van der Waals surface area (Å²) >= 11 is 0. The normalized spacial score (nSPS) is 22.9. The molecule has 1 aromatic rings. The van der Waals surface area contributed by atoms with Gasteiger partial charge in [0, 0.05) is 18.8 Å². The second-order valence-corrected chi connectivity index (χ2v) is 5.10. The molecule has 1 aliphatic heterocycles. The summed E-state index contributed by atoms with van der Waals surface area (Å²) in [5, 5.41) is 2.93. The molecule has 18 heavy (non-hydrogen) atoms. The molecular formula is C14H20N2O2. The maximum atomic E-state index is 11.8. The third-order valence-electron chi connectivity index (χ3n) is 3.28. The van der Waals surface area contributed by atoms with E-state index in [0.29, 0.717) is 18.7 Å². The zero-order chi connectivity index (χ0) is 13.0. The Morgan fingerprint density at radius 3 is 3.06 bits per heavy atom. The first-order valence-electron chi connectivity index (χ1n) is 6.32. The van der Waals surface area contributed by atoms with Crippen molar-refractivity contribution < 1.29 is 9.53 Å². The number of ether oxygens (including phenoxy) is 1. The van der Waals surface area contributed by atoms with E-state index in [2.05, 4.69) is 5.32 Å². The maximum absolute atomic E-state index is 11.8. The van der Waals surface area contributed by atoms with Crippen LogP contribution in [-0.4, -0.2) is 24.7 Å². The van der Waals surface area contributed by atoms with E-state index in [1.807, 2.05) is 31.2 Å². The number of hydrogen-bond acceptors (Lipinski definition) is 3. The first-order valence-corrected chi connectivity index (χ1v) is 6.32. The molecule has 0 saturated carbocycles. The summed E-state index contributed by atoms with van der Waals surface area (Å²) in [6.07, 6.45) is 2.44. The van der Waals surface area contributed by atoms with Gasteiger partial charge in [0.15, 0.2) is 0 Å². The van der Waals surface area contributed by atoms with Crippen LogP contribution in [0.4, 0.5) is 5.69 Å². The van der Waals surface area contributed by atoms with Gasteiger partial charge in [-0.15, -0.1) is 0 Å². The Hall–Kier alpha value is -1.55. The van der Waals surface area contributed by atoms with Crippen molar-refractivity contribution in [3.63, 3.8) is 0 Å². The van der Waals surface area contributed by atoms with Gasteiger partial charge in [-0.3, -0.25) is 4.79 Å². The predicted molar refractivity (Wildman–Crippen MR) is 71.2 cm³/mol. The lowest BCUT2D eigenvalue weighted by Crippen LogP contribution is -2.40. The van der Waals surface area contributed by atoms with Gasteiger partial charge in [0.1, 0.15) is 0 Å². The van der Waals surface area contributed by atoms with E-state index >= 15 is 0 Å². The Morgan fingerprint density at radius 1 is 1.56 bits per heavy atom. The molecule has 1 aromatic carbocycles. The molecule has 1 unspecified atom stereocenters. The average molecular weight is 248 g/mol. The Bertz CT molecular complexity index is 426. The molecule has 0 aliphatic carbocycles. The third-order valence-corrected chi connectivity index (χ3v) is 3.28. The highest BCUT2D eigenvalue weighted by molar-refractivity contribution is 5.78. The summed E-state index contributed by atoms with van der Waals surface area (Å²) in [6.45, 7) is 3.41. The highest BCUT2D eigenvalue weighted by Gasteiger charge is 2.29. The summed E-state index contributed by atoms with van der Waals surface area (Å²) in [5.41, 5.74) is 7.11. The number of benzene rings is 1. The molecule has 98 valence electrons. The van der Waals surface area contributed by atoms with Crippen LogP contribution in [0, 0.1) is 0 Å². The fourth-order valence-corrected chi connectivity index (χ4v) is 2.21. The highest BCUT2D eigenvalue weighted by Crippen LogP contribution is 2.23. The molecule has 0 spiro atoms. The number of carbonyl (C=O) groups excluding carboxylic acids is 1. The number of rotatable bonds is 4. The topological polar surface area (TPSA) is 64.4 Å². The quantitative estimate of drug-likeness (QED) is 0.794. The zero-order valence-electron chi connectivity index (χ0n) is 10.7. The van der Waals surface area contributed by atoms with Crippen molar-refractivity contribution in [2.75, 3.05) is 18.9 Å². The molecule has 1 fully saturated rings. The van der Waals surface area contributed by atoms with Crippen LogP contribution in [-0.2, 0) is 16.0 Å². The maximum Gasteiger partial charge on any atom is 0.224 e. The number of nitrogen functional groups attached to an aromatic ring is 1. The first-order chi connectivity index (χ1) is 8.57. The van der Waals surface area contributed by atoms with Gasteiger partial charge in [-0.1, -0.05) is 12.1 Å². The molecule has 0 aromatic heterocycles. The van der Waals surface area contributed by atoms with E-state index < -0.39 is 0 Å². The van der Waals surface area contributed by atoms with Crippen LogP contribution >= 0.6 is 0 Å². The van der Waals surface area contributed by atoms with Crippen molar-refractivity contribution >= 4 is 11.6 Å². The van der Waals surface area contributed by atoms with Gasteiger partial charge in [-0.25, -0.2) is 0 Å². The number of nitrogens with two attached hydrogens (primary N) is 1. The second-order valence-electron chi connectivity index (χ2n) is 5.10. The van der Waals surface area contributed by atoms with Gasteiger partial charge in [0.2, 0.25) is 5.91 Å². The van der Waals surface area contributed by atoms with Gasteiger partial charge in [-0.2, -0.15) is 0 Å². The van der Waals surface area contributed by atoms with Crippen molar-refractivity contribution in [2.24, 2.45) is 0 Å². The Kier molecular flexibility index (Phi) is 3.87. The van der Waals surface area contributed by atoms with Gasteiger partial charge in [0.25, 0.3) is 0 Å². The number of amides is 1. The van der Waals surface area contributed by atoms with E-state index in [1.54, 1.807) is 0 Å². The summed E-state index contributed by atoms with van der Waals surface area (Å²) in [4.78, 5) is 11.8. The Balaban J connectivity index is 1.82. The number of carbonyl (C=O) groups is 1. The van der Waals surface area contributed by atoms with Crippen molar-refractivity contribution in [1.29, 1.82) is 0 Å². The molecule has 1 amide bonds. The van der Waals surface area contributed by atoms with E-state index in [4.69, 9.17) is 10.5 Å². The molecule has 4 heteroatoms. The van der Waals surface area contributed by atoms with Gasteiger partial charge >= 0.3 is 0 Å². The fraction of sp³-hybridized carbons (Fsp3) is 0.500. The largest absolute Gasteiger partial charge is 0.399 e. The molecule has 1 heterocycles. The third kappa shape index (κ3) is 3.47. The van der Waals surface area contributed by atoms with E-state index in [1.165, 1.54) is 0 Å². The van der Waals surface area contributed by atoms with Crippen LogP contribution in [0.25, 0.3) is 0 Å². The molecule has 0 radical (unpaired) electrons. The van der Waals surface area contributed by atoms with Crippen molar-refractivity contribution in [3.05, 3.63) is 29.8 Å². The molecule has 3 N–H and O–H groups in total. The lowest BCUT2D eigenvalue weighted by atomic mass is 10.0. The summed E-state index contributed by atoms with van der Waals surface area (Å²) in [7, 11) is 0. The van der Waals surface area contributed by atoms with Crippen LogP contribution in [0.15, 0.2) is 24.3 Å². The Morgan fingerprint density at radius 2 is 2.39 bits per heavy atom. The van der Waals surface area contributed by atoms with Crippen LogP contribution < -0.4 is 11.1 Å². The van der Waals surface area contributed by atoms with Gasteiger partial charge in [-0.05, 0) is 37.5 Å². The molecule has 1 atom stereocenters. The number of anilines is 1. The van der Waals surface area contributed by atoms with Crippen molar-refractivity contribution in [3.8, 4) is 0 Å². The minimum absolute atomic E-state index is 0.0114. The molecule has 0 bridgehead atoms. The van der Waals surface area contributed by atoms with Gasteiger partial charge < -0.3 is 15.8 Å². The van der Waals surface area contributed by atoms with Crippen LogP contribution in [0.1, 0.15) is 25.3 Å². The highest BCUT2D eigenvalue weighted by atomic mass is 16.5. The molecule has 1 saturated heterocycles. The van der Waals surface area contributed by atoms with E-state index in [-0.39, 0.29) is 11.5 Å². The van der Waals surface area contributed by atoms with Crippen molar-refractivity contribution in [1.82, 2.24) is 5.32 Å². The summed E-state index contributed by atoms with van der Waals surface area (Å²) in [5.74, 6) is 0.0114. The molecule has 1 aliphatic rings. The lowest BCUT2D eigenvalue weighted by molar-refractivity contribution is -0.121. The molecular weight excluding hydrogens is 228 g/mol. The van der Waals surface area contributed by atoms with Crippen molar-refractivity contribution in [2.45, 2.75) is 31.8 Å². The van der Waals surface area contributed by atoms with E-state index in [0.717, 1.165) is 25.0 Å². The van der Waals surface area contributed by atoms with Gasteiger partial charge in [0.05, 0.1) is 12.0 Å². The minimum Gasteiger partial charge on any atom is -0.399 e.